The molecule has 1 aliphatic carbocycles. The van der Waals surface area contributed by atoms with Crippen molar-refractivity contribution in [2.45, 2.75) is 33.1 Å². The number of hydrogen-bond acceptors (Lipinski definition) is 4. The predicted octanol–water partition coefficient (Wildman–Crippen LogP) is 2.40. The number of ether oxygens (including phenoxy) is 2. The van der Waals surface area contributed by atoms with Gasteiger partial charge in [-0.25, -0.2) is 4.79 Å². The lowest BCUT2D eigenvalue weighted by atomic mass is 9.68. The van der Waals surface area contributed by atoms with Gasteiger partial charge in [-0.1, -0.05) is 17.7 Å². The fourth-order valence-corrected chi connectivity index (χ4v) is 2.37. The van der Waals surface area contributed by atoms with Crippen LogP contribution < -0.4 is 0 Å². The Morgan fingerprint density at radius 3 is 2.33 bits per heavy atom. The number of allylic oxidation sites excluding steroid dienone is 1. The molecule has 0 aromatic heterocycles. The summed E-state index contributed by atoms with van der Waals surface area (Å²) in [6, 6.07) is 0. The zero-order chi connectivity index (χ0) is 13.9. The maximum absolute atomic E-state index is 12.0. The van der Waals surface area contributed by atoms with Crippen LogP contribution >= 0.6 is 0 Å². The van der Waals surface area contributed by atoms with Crippen molar-refractivity contribution in [1.82, 2.24) is 0 Å². The Morgan fingerprint density at radius 2 is 1.89 bits per heavy atom. The van der Waals surface area contributed by atoms with Gasteiger partial charge in [0.1, 0.15) is 0 Å². The molecule has 0 fully saturated rings. The van der Waals surface area contributed by atoms with Crippen molar-refractivity contribution in [3.8, 4) is 0 Å². The van der Waals surface area contributed by atoms with Gasteiger partial charge in [0.05, 0.1) is 19.6 Å². The second-order valence-electron chi connectivity index (χ2n) is 4.78. The molecule has 0 aliphatic heterocycles. The van der Waals surface area contributed by atoms with Gasteiger partial charge in [0.25, 0.3) is 0 Å². The average molecular weight is 252 g/mol. The first-order valence-electron chi connectivity index (χ1n) is 5.90. The third-order valence-corrected chi connectivity index (χ3v) is 3.75. The number of carbonyl (C=O) groups is 2. The smallest absolute Gasteiger partial charge is 0.333 e. The van der Waals surface area contributed by atoms with Crippen molar-refractivity contribution in [2.24, 2.45) is 5.41 Å². The molecule has 0 aromatic carbocycles. The molecule has 0 spiro atoms. The van der Waals surface area contributed by atoms with Gasteiger partial charge in [-0.2, -0.15) is 0 Å². The molecule has 18 heavy (non-hydrogen) atoms. The summed E-state index contributed by atoms with van der Waals surface area (Å²) in [5.41, 5.74) is 1.47. The summed E-state index contributed by atoms with van der Waals surface area (Å²) >= 11 is 0. The topological polar surface area (TPSA) is 52.6 Å². The van der Waals surface area contributed by atoms with Crippen LogP contribution in [0, 0.1) is 5.41 Å². The largest absolute Gasteiger partial charge is 0.468 e. The highest BCUT2D eigenvalue weighted by Gasteiger charge is 2.44. The summed E-state index contributed by atoms with van der Waals surface area (Å²) in [6.45, 7) is 7.58. The van der Waals surface area contributed by atoms with E-state index in [2.05, 4.69) is 6.58 Å². The SMILES string of the molecule is C=C(C)C1(C(=O)OC)CCC(C)=C(C(=O)OC)C1. The Bertz CT molecular complexity index is 420. The highest BCUT2D eigenvalue weighted by molar-refractivity contribution is 5.92. The van der Waals surface area contributed by atoms with Gasteiger partial charge < -0.3 is 9.47 Å². The maximum atomic E-state index is 12.0. The normalized spacial score (nSPS) is 23.6. The van der Waals surface area contributed by atoms with E-state index in [0.717, 1.165) is 11.1 Å². The first-order chi connectivity index (χ1) is 8.39. The zero-order valence-electron chi connectivity index (χ0n) is 11.5. The minimum atomic E-state index is -0.794. The van der Waals surface area contributed by atoms with Gasteiger partial charge in [0.15, 0.2) is 0 Å². The third kappa shape index (κ3) is 2.33. The highest BCUT2D eigenvalue weighted by atomic mass is 16.5. The molecule has 0 N–H and O–H groups in total. The van der Waals surface area contributed by atoms with Crippen molar-refractivity contribution in [3.05, 3.63) is 23.3 Å². The van der Waals surface area contributed by atoms with E-state index < -0.39 is 5.41 Å². The second-order valence-corrected chi connectivity index (χ2v) is 4.78. The summed E-state index contributed by atoms with van der Waals surface area (Å²) in [5, 5.41) is 0. The van der Waals surface area contributed by atoms with Crippen LogP contribution in [0.4, 0.5) is 0 Å². The van der Waals surface area contributed by atoms with Gasteiger partial charge >= 0.3 is 11.9 Å². The highest BCUT2D eigenvalue weighted by Crippen LogP contribution is 2.45. The van der Waals surface area contributed by atoms with Gasteiger partial charge in [0.2, 0.25) is 0 Å². The lowest BCUT2D eigenvalue weighted by Gasteiger charge is -2.36. The first kappa shape index (κ1) is 14.5. The van der Waals surface area contributed by atoms with E-state index in [0.29, 0.717) is 24.8 Å². The van der Waals surface area contributed by atoms with E-state index in [-0.39, 0.29) is 11.9 Å². The number of carbonyl (C=O) groups excluding carboxylic acids is 2. The fourth-order valence-electron chi connectivity index (χ4n) is 2.37. The van der Waals surface area contributed by atoms with E-state index in [1.54, 1.807) is 6.92 Å². The zero-order valence-corrected chi connectivity index (χ0v) is 11.5. The molecular formula is C14H20O4. The monoisotopic (exact) mass is 252 g/mol. The van der Waals surface area contributed by atoms with Crippen LogP contribution in [0.3, 0.4) is 0 Å². The average Bonchev–Trinajstić information content (AvgIpc) is 2.37. The van der Waals surface area contributed by atoms with Gasteiger partial charge in [-0.05, 0) is 33.1 Å². The Hall–Kier alpha value is -1.58. The Morgan fingerprint density at radius 1 is 1.28 bits per heavy atom. The van der Waals surface area contributed by atoms with Crippen LogP contribution in [-0.2, 0) is 19.1 Å². The van der Waals surface area contributed by atoms with E-state index in [1.165, 1.54) is 14.2 Å². The lowest BCUT2D eigenvalue weighted by molar-refractivity contribution is -0.151. The molecule has 0 saturated heterocycles. The number of esters is 2. The summed E-state index contributed by atoms with van der Waals surface area (Å²) in [5.74, 6) is -0.703. The fraction of sp³-hybridized carbons (Fsp3) is 0.571. The Kier molecular flexibility index (Phi) is 4.33. The van der Waals surface area contributed by atoms with Crippen molar-refractivity contribution in [3.63, 3.8) is 0 Å². The number of methoxy groups -OCH3 is 2. The molecule has 1 rings (SSSR count). The predicted molar refractivity (Wildman–Crippen MR) is 67.8 cm³/mol. The van der Waals surface area contributed by atoms with Crippen LogP contribution in [0.15, 0.2) is 23.3 Å². The quantitative estimate of drug-likeness (QED) is 0.571. The van der Waals surface area contributed by atoms with Crippen molar-refractivity contribution >= 4 is 11.9 Å². The second kappa shape index (κ2) is 5.38. The summed E-state index contributed by atoms with van der Waals surface area (Å²) in [7, 11) is 2.70. The van der Waals surface area contributed by atoms with E-state index in [9.17, 15) is 9.59 Å². The van der Waals surface area contributed by atoms with Crippen LogP contribution in [0.1, 0.15) is 33.1 Å². The molecule has 4 nitrogen and oxygen atoms in total. The number of rotatable bonds is 3. The molecule has 4 heteroatoms. The molecule has 0 saturated carbocycles. The van der Waals surface area contributed by atoms with Gasteiger partial charge in [-0.3, -0.25) is 4.79 Å². The van der Waals surface area contributed by atoms with E-state index in [1.807, 2.05) is 6.92 Å². The van der Waals surface area contributed by atoms with E-state index >= 15 is 0 Å². The van der Waals surface area contributed by atoms with Gasteiger partial charge in [0, 0.05) is 5.57 Å². The minimum absolute atomic E-state index is 0.313. The van der Waals surface area contributed by atoms with Crippen LogP contribution in [0.5, 0.6) is 0 Å². The molecule has 0 heterocycles. The Balaban J connectivity index is 3.18. The van der Waals surface area contributed by atoms with Crippen LogP contribution in [0.2, 0.25) is 0 Å². The third-order valence-electron chi connectivity index (χ3n) is 3.75. The standard InChI is InChI=1S/C14H20O4/c1-9(2)14(13(16)18-5)7-6-10(3)11(8-14)12(15)17-4/h1,6-8H2,2-5H3. The summed E-state index contributed by atoms with van der Waals surface area (Å²) in [6.07, 6.45) is 1.61. The van der Waals surface area contributed by atoms with Crippen molar-refractivity contribution in [1.29, 1.82) is 0 Å². The molecule has 0 aromatic rings. The van der Waals surface area contributed by atoms with Gasteiger partial charge in [-0.15, -0.1) is 0 Å². The molecule has 0 bridgehead atoms. The molecule has 100 valence electrons. The molecular weight excluding hydrogens is 232 g/mol. The summed E-state index contributed by atoms with van der Waals surface area (Å²) < 4.78 is 9.64. The van der Waals surface area contributed by atoms with Crippen LogP contribution in [-0.4, -0.2) is 26.2 Å². The lowest BCUT2D eigenvalue weighted by Crippen LogP contribution is -2.37. The van der Waals surface area contributed by atoms with E-state index in [4.69, 9.17) is 9.47 Å². The molecule has 1 atom stereocenters. The van der Waals surface area contributed by atoms with Crippen molar-refractivity contribution < 1.29 is 19.1 Å². The molecule has 1 unspecified atom stereocenters. The Labute approximate surface area is 108 Å². The molecule has 0 amide bonds. The van der Waals surface area contributed by atoms with Crippen LogP contribution in [0.25, 0.3) is 0 Å². The summed E-state index contributed by atoms with van der Waals surface area (Å²) in [4.78, 5) is 23.8. The van der Waals surface area contributed by atoms with Crippen molar-refractivity contribution in [2.75, 3.05) is 14.2 Å². The number of hydrogen-bond donors (Lipinski definition) is 0. The first-order valence-corrected chi connectivity index (χ1v) is 5.90. The minimum Gasteiger partial charge on any atom is -0.468 e. The molecule has 1 aliphatic rings. The molecule has 0 radical (unpaired) electrons. The maximum Gasteiger partial charge on any atom is 0.333 e.